The summed E-state index contributed by atoms with van der Waals surface area (Å²) in [4.78, 5) is 0. The van der Waals surface area contributed by atoms with Crippen molar-refractivity contribution >= 4 is 11.3 Å². The topological polar surface area (TPSA) is 35.2 Å². The average Bonchev–Trinajstić information content (AvgIpc) is 2.54. The minimum Gasteiger partial charge on any atom is -0.488 e. The zero-order valence-electron chi connectivity index (χ0n) is 8.73. The van der Waals surface area contributed by atoms with E-state index in [-0.39, 0.29) is 0 Å². The molecule has 2 heteroatoms. The SMILES string of the molecule is Nc1ccc2c(c1)C1=C(C=C=CC=C1)CO2. The van der Waals surface area contributed by atoms with E-state index in [0.29, 0.717) is 6.61 Å². The van der Waals surface area contributed by atoms with Gasteiger partial charge in [-0.3, -0.25) is 0 Å². The van der Waals surface area contributed by atoms with E-state index in [9.17, 15) is 0 Å². The highest BCUT2D eigenvalue weighted by molar-refractivity contribution is 5.85. The van der Waals surface area contributed by atoms with Crippen LogP contribution in [0, 0.1) is 0 Å². The van der Waals surface area contributed by atoms with Crippen LogP contribution >= 0.6 is 0 Å². The quantitative estimate of drug-likeness (QED) is 0.526. The molecular formula is C14H11NO. The number of fused-ring (bicyclic) bond motifs is 2. The second kappa shape index (κ2) is 3.44. The Morgan fingerprint density at radius 3 is 3.19 bits per heavy atom. The number of anilines is 1. The number of ether oxygens (including phenoxy) is 1. The van der Waals surface area contributed by atoms with Gasteiger partial charge in [0.15, 0.2) is 0 Å². The molecule has 1 aromatic rings. The van der Waals surface area contributed by atoms with E-state index in [0.717, 1.165) is 22.6 Å². The Morgan fingerprint density at radius 2 is 2.25 bits per heavy atom. The molecule has 0 saturated heterocycles. The minimum atomic E-state index is 0.595. The molecule has 1 heterocycles. The van der Waals surface area contributed by atoms with Gasteiger partial charge in [0.2, 0.25) is 0 Å². The molecule has 0 fully saturated rings. The van der Waals surface area contributed by atoms with E-state index in [1.165, 1.54) is 5.57 Å². The van der Waals surface area contributed by atoms with Crippen LogP contribution in [0.2, 0.25) is 0 Å². The Bertz CT molecular complexity index is 572. The second-order valence-electron chi connectivity index (χ2n) is 3.82. The van der Waals surface area contributed by atoms with Crippen LogP contribution in [0.5, 0.6) is 5.75 Å². The largest absolute Gasteiger partial charge is 0.488 e. The summed E-state index contributed by atoms with van der Waals surface area (Å²) in [5, 5.41) is 0. The van der Waals surface area contributed by atoms with Gasteiger partial charge in [0.05, 0.1) is 0 Å². The van der Waals surface area contributed by atoms with E-state index in [2.05, 4.69) is 11.8 Å². The molecule has 2 aliphatic rings. The van der Waals surface area contributed by atoms with Crippen molar-refractivity contribution in [1.82, 2.24) is 0 Å². The summed E-state index contributed by atoms with van der Waals surface area (Å²) in [5.74, 6) is 0.896. The van der Waals surface area contributed by atoms with Crippen LogP contribution in [0.25, 0.3) is 5.57 Å². The lowest BCUT2D eigenvalue weighted by molar-refractivity contribution is 0.350. The molecule has 0 bridgehead atoms. The molecule has 0 amide bonds. The summed E-state index contributed by atoms with van der Waals surface area (Å²) in [5.41, 5.74) is 13.0. The predicted octanol–water partition coefficient (Wildman–Crippen LogP) is 2.70. The molecule has 0 aromatic heterocycles. The van der Waals surface area contributed by atoms with Crippen molar-refractivity contribution < 1.29 is 4.74 Å². The van der Waals surface area contributed by atoms with Gasteiger partial charge in [-0.2, -0.15) is 0 Å². The summed E-state index contributed by atoms with van der Waals surface area (Å²) >= 11 is 0. The summed E-state index contributed by atoms with van der Waals surface area (Å²) in [6.45, 7) is 0.595. The lowest BCUT2D eigenvalue weighted by Gasteiger charge is -2.20. The molecule has 0 spiro atoms. The van der Waals surface area contributed by atoms with Crippen molar-refractivity contribution in [3.8, 4) is 5.75 Å². The first-order chi connectivity index (χ1) is 7.84. The standard InChI is InChI=1S/C14H11NO/c15-11-6-7-14-13(8-11)12-5-3-1-2-4-10(12)9-16-14/h1,3-8H,9,15H2. The van der Waals surface area contributed by atoms with Gasteiger partial charge in [0, 0.05) is 16.8 Å². The monoisotopic (exact) mass is 209 g/mol. The number of benzene rings is 1. The summed E-state index contributed by atoms with van der Waals surface area (Å²) in [6.07, 6.45) is 7.91. The van der Waals surface area contributed by atoms with Gasteiger partial charge in [-0.15, -0.1) is 5.73 Å². The maximum atomic E-state index is 5.81. The Hall–Kier alpha value is -2.18. The Labute approximate surface area is 94.0 Å². The van der Waals surface area contributed by atoms with Gasteiger partial charge in [-0.05, 0) is 35.9 Å². The molecule has 0 unspecified atom stereocenters. The van der Waals surface area contributed by atoms with E-state index >= 15 is 0 Å². The van der Waals surface area contributed by atoms with E-state index in [1.54, 1.807) is 0 Å². The van der Waals surface area contributed by atoms with Crippen molar-refractivity contribution in [2.24, 2.45) is 0 Å². The number of nitrogen functional groups attached to an aromatic ring is 1. The Morgan fingerprint density at radius 1 is 1.31 bits per heavy atom. The van der Waals surface area contributed by atoms with E-state index in [4.69, 9.17) is 10.5 Å². The predicted molar refractivity (Wildman–Crippen MR) is 65.1 cm³/mol. The number of hydrogen-bond acceptors (Lipinski definition) is 2. The fraction of sp³-hybridized carbons (Fsp3) is 0.0714. The normalized spacial score (nSPS) is 16.5. The molecule has 1 aliphatic heterocycles. The molecule has 78 valence electrons. The van der Waals surface area contributed by atoms with Crippen LogP contribution in [-0.2, 0) is 0 Å². The van der Waals surface area contributed by atoms with Gasteiger partial charge >= 0.3 is 0 Å². The van der Waals surface area contributed by atoms with Crippen LogP contribution < -0.4 is 10.5 Å². The van der Waals surface area contributed by atoms with Crippen molar-refractivity contribution in [1.29, 1.82) is 0 Å². The summed E-state index contributed by atoms with van der Waals surface area (Å²) < 4.78 is 5.67. The second-order valence-corrected chi connectivity index (χ2v) is 3.82. The number of hydrogen-bond donors (Lipinski definition) is 1. The Balaban J connectivity index is 2.24. The van der Waals surface area contributed by atoms with Crippen molar-refractivity contribution in [3.63, 3.8) is 0 Å². The van der Waals surface area contributed by atoms with Crippen LogP contribution in [-0.4, -0.2) is 6.61 Å². The number of nitrogens with two attached hydrogens (primary N) is 1. The molecule has 0 atom stereocenters. The lowest BCUT2D eigenvalue weighted by Crippen LogP contribution is -2.09. The molecule has 3 rings (SSSR count). The molecule has 1 aliphatic carbocycles. The highest BCUT2D eigenvalue weighted by Gasteiger charge is 2.17. The average molecular weight is 209 g/mol. The first-order valence-electron chi connectivity index (χ1n) is 5.19. The van der Waals surface area contributed by atoms with Gasteiger partial charge < -0.3 is 10.5 Å². The molecule has 16 heavy (non-hydrogen) atoms. The van der Waals surface area contributed by atoms with E-state index < -0.39 is 0 Å². The maximum Gasteiger partial charge on any atom is 0.127 e. The fourth-order valence-corrected chi connectivity index (χ4v) is 1.96. The third-order valence-corrected chi connectivity index (χ3v) is 2.74. The van der Waals surface area contributed by atoms with Gasteiger partial charge in [0.1, 0.15) is 12.4 Å². The minimum absolute atomic E-state index is 0.595. The molecule has 0 radical (unpaired) electrons. The third-order valence-electron chi connectivity index (χ3n) is 2.74. The zero-order valence-corrected chi connectivity index (χ0v) is 8.73. The van der Waals surface area contributed by atoms with Crippen LogP contribution in [0.3, 0.4) is 0 Å². The number of allylic oxidation sites excluding steroid dienone is 3. The summed E-state index contributed by atoms with van der Waals surface area (Å²) in [6, 6.07) is 5.73. The first-order valence-corrected chi connectivity index (χ1v) is 5.19. The van der Waals surface area contributed by atoms with Gasteiger partial charge in [0.25, 0.3) is 0 Å². The Kier molecular flexibility index (Phi) is 1.95. The highest BCUT2D eigenvalue weighted by atomic mass is 16.5. The van der Waals surface area contributed by atoms with Crippen LogP contribution in [0.15, 0.2) is 53.8 Å². The highest BCUT2D eigenvalue weighted by Crippen LogP contribution is 2.36. The van der Waals surface area contributed by atoms with Crippen molar-refractivity contribution in [3.05, 3.63) is 59.4 Å². The van der Waals surface area contributed by atoms with Crippen molar-refractivity contribution in [2.75, 3.05) is 12.3 Å². The molecular weight excluding hydrogens is 198 g/mol. The van der Waals surface area contributed by atoms with Gasteiger partial charge in [-0.25, -0.2) is 0 Å². The molecule has 1 aromatic carbocycles. The van der Waals surface area contributed by atoms with Crippen molar-refractivity contribution in [2.45, 2.75) is 0 Å². The van der Waals surface area contributed by atoms with E-state index in [1.807, 2.05) is 36.4 Å². The summed E-state index contributed by atoms with van der Waals surface area (Å²) in [7, 11) is 0. The third kappa shape index (κ3) is 1.37. The smallest absolute Gasteiger partial charge is 0.127 e. The molecule has 2 N–H and O–H groups in total. The molecule has 0 saturated carbocycles. The molecule has 2 nitrogen and oxygen atoms in total. The maximum absolute atomic E-state index is 5.81. The van der Waals surface area contributed by atoms with Gasteiger partial charge in [-0.1, -0.05) is 12.2 Å². The zero-order chi connectivity index (χ0) is 11.0. The van der Waals surface area contributed by atoms with Crippen LogP contribution in [0.4, 0.5) is 5.69 Å². The lowest BCUT2D eigenvalue weighted by atomic mass is 9.96. The fourth-order valence-electron chi connectivity index (χ4n) is 1.96. The van der Waals surface area contributed by atoms with Crippen LogP contribution in [0.1, 0.15) is 5.56 Å². The first kappa shape index (κ1) is 9.08. The number of rotatable bonds is 0.